The maximum Gasteiger partial charge on any atom is 0.387 e. The van der Waals surface area contributed by atoms with E-state index in [-0.39, 0.29) is 11.8 Å². The Labute approximate surface area is 152 Å². The molecule has 144 valence electrons. The van der Waals surface area contributed by atoms with E-state index in [0.29, 0.717) is 10.8 Å². The van der Waals surface area contributed by atoms with Crippen molar-refractivity contribution in [2.45, 2.75) is 33.0 Å². The van der Waals surface area contributed by atoms with Crippen molar-refractivity contribution in [1.82, 2.24) is 15.4 Å². The third kappa shape index (κ3) is 4.29. The van der Waals surface area contributed by atoms with Crippen molar-refractivity contribution in [1.29, 1.82) is 0 Å². The van der Waals surface area contributed by atoms with Crippen molar-refractivity contribution < 1.29 is 27.0 Å². The molecule has 1 unspecified atom stereocenters. The van der Waals surface area contributed by atoms with E-state index in [1.807, 2.05) is 19.9 Å². The van der Waals surface area contributed by atoms with Crippen LogP contribution in [0, 0.1) is 5.92 Å². The molecule has 0 fully saturated rings. The Morgan fingerprint density at radius 2 is 1.52 bits per heavy atom. The number of ether oxygens (including phenoxy) is 2. The van der Waals surface area contributed by atoms with Crippen molar-refractivity contribution in [3.8, 4) is 11.5 Å². The van der Waals surface area contributed by atoms with Crippen molar-refractivity contribution in [2.75, 3.05) is 0 Å². The first kappa shape index (κ1) is 18.9. The minimum absolute atomic E-state index is 0.0791. The summed E-state index contributed by atoms with van der Waals surface area (Å²) in [4.78, 5) is 0. The third-order valence-electron chi connectivity index (χ3n) is 4.14. The third-order valence-corrected chi connectivity index (χ3v) is 4.14. The Hall–Kier alpha value is -2.84. The summed E-state index contributed by atoms with van der Waals surface area (Å²) < 4.78 is 59.1. The lowest BCUT2D eigenvalue weighted by atomic mass is 9.85. The van der Waals surface area contributed by atoms with Crippen molar-refractivity contribution >= 4 is 10.8 Å². The van der Waals surface area contributed by atoms with E-state index < -0.39 is 24.7 Å². The highest BCUT2D eigenvalue weighted by Crippen LogP contribution is 2.37. The Balaban J connectivity index is 2.08. The van der Waals surface area contributed by atoms with Crippen LogP contribution in [0.1, 0.15) is 31.0 Å². The maximum absolute atomic E-state index is 12.7. The number of nitrogens with zero attached hydrogens (tertiary/aromatic N) is 2. The normalized spacial score (nSPS) is 12.9. The lowest BCUT2D eigenvalue weighted by molar-refractivity contribution is -0.0690. The Bertz CT molecular complexity index is 901. The van der Waals surface area contributed by atoms with Crippen LogP contribution >= 0.6 is 0 Å². The first-order valence-electron chi connectivity index (χ1n) is 8.19. The van der Waals surface area contributed by atoms with Crippen LogP contribution in [0.2, 0.25) is 0 Å². The second kappa shape index (κ2) is 7.81. The number of fused-ring (bicyclic) bond motifs is 1. The van der Waals surface area contributed by atoms with Gasteiger partial charge in [-0.3, -0.25) is 5.10 Å². The summed E-state index contributed by atoms with van der Waals surface area (Å²) in [6, 6.07) is 7.86. The summed E-state index contributed by atoms with van der Waals surface area (Å²) in [6.07, 6.45) is 1.69. The zero-order valence-electron chi connectivity index (χ0n) is 14.5. The molecule has 1 heterocycles. The van der Waals surface area contributed by atoms with Gasteiger partial charge in [0.05, 0.1) is 5.69 Å². The smallest absolute Gasteiger partial charge is 0.387 e. The number of rotatable bonds is 7. The second-order valence-corrected chi connectivity index (χ2v) is 6.28. The van der Waals surface area contributed by atoms with Gasteiger partial charge >= 0.3 is 13.2 Å². The Morgan fingerprint density at radius 1 is 0.889 bits per heavy atom. The van der Waals surface area contributed by atoms with Crippen molar-refractivity contribution in [3.05, 3.63) is 47.8 Å². The predicted octanol–water partition coefficient (Wildman–Crippen LogP) is 4.95. The number of halogens is 4. The summed E-state index contributed by atoms with van der Waals surface area (Å²) in [7, 11) is 0. The van der Waals surface area contributed by atoms with Gasteiger partial charge in [0.2, 0.25) is 0 Å². The predicted molar refractivity (Wildman–Crippen MR) is 90.3 cm³/mol. The molecule has 5 nitrogen and oxygen atoms in total. The second-order valence-electron chi connectivity index (χ2n) is 6.28. The molecule has 2 aromatic carbocycles. The van der Waals surface area contributed by atoms with Gasteiger partial charge in [-0.1, -0.05) is 37.3 Å². The number of hydrogen-bond donors (Lipinski definition) is 1. The van der Waals surface area contributed by atoms with Crippen LogP contribution < -0.4 is 9.47 Å². The molecular weight excluding hydrogens is 366 g/mol. The van der Waals surface area contributed by atoms with E-state index in [1.165, 1.54) is 12.1 Å². The zero-order chi connectivity index (χ0) is 19.6. The summed E-state index contributed by atoms with van der Waals surface area (Å²) >= 11 is 0. The number of aromatic amines is 1. The Kier molecular flexibility index (Phi) is 5.48. The van der Waals surface area contributed by atoms with Gasteiger partial charge in [0.25, 0.3) is 0 Å². The summed E-state index contributed by atoms with van der Waals surface area (Å²) in [5, 5.41) is 11.6. The van der Waals surface area contributed by atoms with E-state index in [1.54, 1.807) is 18.3 Å². The van der Waals surface area contributed by atoms with Gasteiger partial charge in [0.15, 0.2) is 11.5 Å². The first-order chi connectivity index (χ1) is 12.8. The Morgan fingerprint density at radius 3 is 2.04 bits per heavy atom. The standard InChI is InChI=1S/C18H17F4N3O2/c1-9(2)16(13-8-23-25-24-13)11-4-3-10-6-14(26-17(19)20)15(27-18(21)22)7-12(10)5-11/h3-9,16-18H,1-2H3,(H,23,24,25). The molecule has 0 radical (unpaired) electrons. The van der Waals surface area contributed by atoms with Crippen LogP contribution in [0.25, 0.3) is 10.8 Å². The summed E-state index contributed by atoms with van der Waals surface area (Å²) in [6.45, 7) is -2.27. The fourth-order valence-electron chi connectivity index (χ4n) is 3.10. The molecule has 0 aliphatic heterocycles. The van der Waals surface area contributed by atoms with Crippen LogP contribution in [0.3, 0.4) is 0 Å². The molecule has 1 aromatic heterocycles. The van der Waals surface area contributed by atoms with Gasteiger partial charge in [-0.2, -0.15) is 17.6 Å². The highest BCUT2D eigenvalue weighted by Gasteiger charge is 2.22. The number of aromatic nitrogens is 3. The molecule has 0 amide bonds. The van der Waals surface area contributed by atoms with Crippen molar-refractivity contribution in [3.63, 3.8) is 0 Å². The average molecular weight is 383 g/mol. The minimum atomic E-state index is -3.16. The summed E-state index contributed by atoms with van der Waals surface area (Å²) in [5.41, 5.74) is 1.63. The van der Waals surface area contributed by atoms with Crippen LogP contribution in [-0.2, 0) is 0 Å². The SMILES string of the molecule is CC(C)C(c1ccc2cc(OC(F)F)c(OC(F)F)cc2c1)c1c[nH]nn1. The molecule has 0 saturated heterocycles. The lowest BCUT2D eigenvalue weighted by Gasteiger charge is -2.20. The van der Waals surface area contributed by atoms with Gasteiger partial charge in [-0.25, -0.2) is 0 Å². The van der Waals surface area contributed by atoms with Crippen molar-refractivity contribution in [2.24, 2.45) is 5.92 Å². The molecule has 9 heteroatoms. The molecule has 1 N–H and O–H groups in total. The fraction of sp³-hybridized carbons (Fsp3) is 0.333. The number of benzene rings is 2. The molecule has 1 atom stereocenters. The topological polar surface area (TPSA) is 60.0 Å². The van der Waals surface area contributed by atoms with E-state index in [0.717, 1.165) is 11.3 Å². The molecule has 0 aliphatic rings. The largest absolute Gasteiger partial charge is 0.431 e. The zero-order valence-corrected chi connectivity index (χ0v) is 14.5. The molecule has 0 spiro atoms. The molecule has 0 saturated carbocycles. The van der Waals surface area contributed by atoms with Crippen LogP contribution in [-0.4, -0.2) is 28.6 Å². The van der Waals surface area contributed by atoms with Crippen LogP contribution in [0.4, 0.5) is 17.6 Å². The average Bonchev–Trinajstić information content (AvgIpc) is 3.08. The number of hydrogen-bond acceptors (Lipinski definition) is 4. The molecule has 0 aliphatic carbocycles. The maximum atomic E-state index is 12.7. The number of H-pyrrole nitrogens is 1. The van der Waals surface area contributed by atoms with Crippen LogP contribution in [0.15, 0.2) is 36.5 Å². The van der Waals surface area contributed by atoms with E-state index in [2.05, 4.69) is 24.9 Å². The molecule has 3 rings (SSSR count). The monoisotopic (exact) mass is 383 g/mol. The molecule has 0 bridgehead atoms. The van der Waals surface area contributed by atoms with Gasteiger partial charge < -0.3 is 9.47 Å². The highest BCUT2D eigenvalue weighted by molar-refractivity contribution is 5.87. The first-order valence-corrected chi connectivity index (χ1v) is 8.19. The van der Waals surface area contributed by atoms with Gasteiger partial charge in [-0.15, -0.1) is 5.10 Å². The quantitative estimate of drug-likeness (QED) is 0.587. The van der Waals surface area contributed by atoms with Gasteiger partial charge in [0, 0.05) is 12.1 Å². The van der Waals surface area contributed by atoms with Gasteiger partial charge in [0.1, 0.15) is 0 Å². The summed E-state index contributed by atoms with van der Waals surface area (Å²) in [5.74, 6) is -0.782. The number of nitrogens with one attached hydrogen (secondary N) is 1. The minimum Gasteiger partial charge on any atom is -0.431 e. The van der Waals surface area contributed by atoms with E-state index in [9.17, 15) is 17.6 Å². The molecule has 3 aromatic rings. The van der Waals surface area contributed by atoms with E-state index in [4.69, 9.17) is 0 Å². The molecular formula is C18H17F4N3O2. The van der Waals surface area contributed by atoms with Crippen LogP contribution in [0.5, 0.6) is 11.5 Å². The number of alkyl halides is 4. The van der Waals surface area contributed by atoms with E-state index >= 15 is 0 Å². The lowest BCUT2D eigenvalue weighted by Crippen LogP contribution is -2.09. The van der Waals surface area contributed by atoms with Gasteiger partial charge in [-0.05, 0) is 34.4 Å². The highest BCUT2D eigenvalue weighted by atomic mass is 19.3. The molecule has 27 heavy (non-hydrogen) atoms. The fourth-order valence-corrected chi connectivity index (χ4v) is 3.10.